The van der Waals surface area contributed by atoms with E-state index in [1.165, 1.54) is 23.9 Å². The van der Waals surface area contributed by atoms with Gasteiger partial charge in [-0.25, -0.2) is 9.78 Å². The van der Waals surface area contributed by atoms with Crippen molar-refractivity contribution in [3.8, 4) is 6.07 Å². The molecule has 0 radical (unpaired) electrons. The van der Waals surface area contributed by atoms with E-state index in [4.69, 9.17) is 5.11 Å². The number of nitrogens with one attached hydrogen (secondary N) is 1. The summed E-state index contributed by atoms with van der Waals surface area (Å²) in [7, 11) is 0. The molecule has 0 atom stereocenters. The standard InChI is InChI=1S/C19H19N3O3S/c1-12(2)16-7-6-14(11-20)18(22-16)26-9-8-17(23)21-15-5-3-4-13(10-15)19(24)25/h3-7,10,12H,8-9H2,1-2H3,(H,21,23)(H,24,25). The van der Waals surface area contributed by atoms with Crippen molar-refractivity contribution in [2.24, 2.45) is 0 Å². The maximum Gasteiger partial charge on any atom is 0.335 e. The molecule has 0 saturated carbocycles. The molecule has 1 amide bonds. The van der Waals surface area contributed by atoms with Gasteiger partial charge in [0.1, 0.15) is 11.1 Å². The summed E-state index contributed by atoms with van der Waals surface area (Å²) in [4.78, 5) is 27.5. The Morgan fingerprint density at radius 2 is 2.08 bits per heavy atom. The van der Waals surface area contributed by atoms with Crippen LogP contribution in [0, 0.1) is 11.3 Å². The number of aromatic carboxylic acids is 1. The minimum atomic E-state index is -1.04. The summed E-state index contributed by atoms with van der Waals surface area (Å²) in [6.45, 7) is 4.06. The van der Waals surface area contributed by atoms with Gasteiger partial charge in [-0.3, -0.25) is 4.79 Å². The second-order valence-corrected chi connectivity index (χ2v) is 6.97. The van der Waals surface area contributed by atoms with E-state index in [0.717, 1.165) is 5.69 Å². The monoisotopic (exact) mass is 369 g/mol. The fourth-order valence-corrected chi connectivity index (χ4v) is 3.09. The van der Waals surface area contributed by atoms with E-state index >= 15 is 0 Å². The largest absolute Gasteiger partial charge is 0.478 e. The highest BCUT2D eigenvalue weighted by Crippen LogP contribution is 2.24. The van der Waals surface area contributed by atoms with Crippen LogP contribution in [0.5, 0.6) is 0 Å². The first-order valence-electron chi connectivity index (χ1n) is 8.07. The van der Waals surface area contributed by atoms with E-state index < -0.39 is 5.97 Å². The quantitative estimate of drug-likeness (QED) is 0.718. The van der Waals surface area contributed by atoms with Crippen LogP contribution in [0.2, 0.25) is 0 Å². The van der Waals surface area contributed by atoms with Crippen LogP contribution < -0.4 is 5.32 Å². The van der Waals surface area contributed by atoms with E-state index in [9.17, 15) is 14.9 Å². The lowest BCUT2D eigenvalue weighted by molar-refractivity contribution is -0.115. The predicted molar refractivity (Wildman–Crippen MR) is 100 cm³/mol. The third-order valence-corrected chi connectivity index (χ3v) is 4.55. The maximum atomic E-state index is 12.1. The number of nitriles is 1. The number of hydrogen-bond donors (Lipinski definition) is 2. The van der Waals surface area contributed by atoms with Gasteiger partial charge >= 0.3 is 5.97 Å². The molecule has 1 aromatic carbocycles. The number of nitrogens with zero attached hydrogens (tertiary/aromatic N) is 2. The number of rotatable bonds is 7. The molecular weight excluding hydrogens is 350 g/mol. The fraction of sp³-hybridized carbons (Fsp3) is 0.263. The maximum absolute atomic E-state index is 12.1. The number of anilines is 1. The highest BCUT2D eigenvalue weighted by Gasteiger charge is 2.11. The molecule has 0 unspecified atom stereocenters. The molecule has 1 aromatic heterocycles. The topological polar surface area (TPSA) is 103 Å². The Morgan fingerprint density at radius 1 is 1.31 bits per heavy atom. The van der Waals surface area contributed by atoms with E-state index in [1.54, 1.807) is 18.2 Å². The number of benzene rings is 1. The molecule has 7 heteroatoms. The van der Waals surface area contributed by atoms with E-state index in [1.807, 2.05) is 19.9 Å². The average Bonchev–Trinajstić information content (AvgIpc) is 2.61. The zero-order chi connectivity index (χ0) is 19.1. The van der Waals surface area contributed by atoms with Gasteiger partial charge in [0.2, 0.25) is 5.91 Å². The third-order valence-electron chi connectivity index (χ3n) is 3.55. The minimum Gasteiger partial charge on any atom is -0.478 e. The Kier molecular flexibility index (Phi) is 6.75. The summed E-state index contributed by atoms with van der Waals surface area (Å²) in [5, 5.41) is 21.5. The summed E-state index contributed by atoms with van der Waals surface area (Å²) in [5.74, 6) is -0.546. The Hall–Kier alpha value is -2.85. The van der Waals surface area contributed by atoms with Crippen LogP contribution in [0.25, 0.3) is 0 Å². The number of hydrogen-bond acceptors (Lipinski definition) is 5. The Balaban J connectivity index is 1.94. The molecule has 26 heavy (non-hydrogen) atoms. The smallest absolute Gasteiger partial charge is 0.335 e. The number of pyridine rings is 1. The van der Waals surface area contributed by atoms with E-state index in [0.29, 0.717) is 22.0 Å². The lowest BCUT2D eigenvalue weighted by atomic mass is 10.1. The van der Waals surface area contributed by atoms with Gasteiger partial charge in [0.25, 0.3) is 0 Å². The van der Waals surface area contributed by atoms with E-state index in [-0.39, 0.29) is 23.8 Å². The zero-order valence-corrected chi connectivity index (χ0v) is 15.3. The summed E-state index contributed by atoms with van der Waals surface area (Å²) in [5.41, 5.74) is 1.96. The normalized spacial score (nSPS) is 10.4. The molecule has 2 rings (SSSR count). The highest BCUT2D eigenvalue weighted by molar-refractivity contribution is 7.99. The molecule has 6 nitrogen and oxygen atoms in total. The van der Waals surface area contributed by atoms with Gasteiger partial charge in [-0.1, -0.05) is 19.9 Å². The van der Waals surface area contributed by atoms with Crippen molar-refractivity contribution in [3.63, 3.8) is 0 Å². The van der Waals surface area contributed by atoms with Crippen LogP contribution in [0.4, 0.5) is 5.69 Å². The first kappa shape index (κ1) is 19.5. The van der Waals surface area contributed by atoms with Gasteiger partial charge in [-0.05, 0) is 36.2 Å². The van der Waals surface area contributed by atoms with Crippen molar-refractivity contribution in [1.29, 1.82) is 5.26 Å². The molecule has 0 saturated heterocycles. The molecule has 0 aliphatic heterocycles. The zero-order valence-electron chi connectivity index (χ0n) is 14.5. The predicted octanol–water partition coefficient (Wildman–Crippen LogP) is 3.90. The number of aromatic nitrogens is 1. The van der Waals surface area contributed by atoms with Crippen molar-refractivity contribution in [3.05, 3.63) is 53.2 Å². The summed E-state index contributed by atoms with van der Waals surface area (Å²) in [6.07, 6.45) is 0.223. The molecule has 0 aliphatic rings. The second-order valence-electron chi connectivity index (χ2n) is 5.89. The van der Waals surface area contributed by atoms with Crippen LogP contribution in [0.3, 0.4) is 0 Å². The first-order valence-corrected chi connectivity index (χ1v) is 9.06. The lowest BCUT2D eigenvalue weighted by Gasteiger charge is -2.09. The summed E-state index contributed by atoms with van der Waals surface area (Å²) >= 11 is 1.36. The molecule has 0 fully saturated rings. The number of amides is 1. The second kappa shape index (κ2) is 9.02. The Bertz CT molecular complexity index is 859. The number of carbonyl (C=O) groups is 2. The van der Waals surface area contributed by atoms with Gasteiger partial charge in [0.05, 0.1) is 11.1 Å². The average molecular weight is 369 g/mol. The van der Waals surface area contributed by atoms with Crippen molar-refractivity contribution in [1.82, 2.24) is 4.98 Å². The van der Waals surface area contributed by atoms with E-state index in [2.05, 4.69) is 16.4 Å². The van der Waals surface area contributed by atoms with Gasteiger partial charge in [0.15, 0.2) is 0 Å². The molecule has 2 N–H and O–H groups in total. The fourth-order valence-electron chi connectivity index (χ4n) is 2.17. The number of thioether (sulfide) groups is 1. The molecule has 0 spiro atoms. The van der Waals surface area contributed by atoms with Crippen LogP contribution in [0.15, 0.2) is 41.4 Å². The molecule has 0 aliphatic carbocycles. The molecule has 1 heterocycles. The first-order chi connectivity index (χ1) is 12.4. The number of carboxylic acid groups (broad SMARTS) is 1. The van der Waals surface area contributed by atoms with Crippen LogP contribution in [0.1, 0.15) is 47.8 Å². The third kappa shape index (κ3) is 5.33. The van der Waals surface area contributed by atoms with Gasteiger partial charge in [-0.2, -0.15) is 5.26 Å². The number of carbonyl (C=O) groups excluding carboxylic acids is 1. The minimum absolute atomic E-state index is 0.116. The Morgan fingerprint density at radius 3 is 2.73 bits per heavy atom. The Labute approximate surface area is 156 Å². The van der Waals surface area contributed by atoms with Crippen molar-refractivity contribution < 1.29 is 14.7 Å². The van der Waals surface area contributed by atoms with Crippen molar-refractivity contribution in [2.75, 3.05) is 11.1 Å². The SMILES string of the molecule is CC(C)c1ccc(C#N)c(SCCC(=O)Nc2cccc(C(=O)O)c2)n1. The summed E-state index contributed by atoms with van der Waals surface area (Å²) < 4.78 is 0. The highest BCUT2D eigenvalue weighted by atomic mass is 32.2. The van der Waals surface area contributed by atoms with Gasteiger partial charge in [0, 0.05) is 23.6 Å². The van der Waals surface area contributed by atoms with Crippen LogP contribution in [-0.2, 0) is 4.79 Å². The van der Waals surface area contributed by atoms with Crippen LogP contribution >= 0.6 is 11.8 Å². The molecular formula is C19H19N3O3S. The van der Waals surface area contributed by atoms with Crippen molar-refractivity contribution in [2.45, 2.75) is 31.2 Å². The van der Waals surface area contributed by atoms with Crippen LogP contribution in [-0.4, -0.2) is 27.7 Å². The van der Waals surface area contributed by atoms with Gasteiger partial charge in [-0.15, -0.1) is 11.8 Å². The lowest BCUT2D eigenvalue weighted by Crippen LogP contribution is -2.12. The summed E-state index contributed by atoms with van der Waals surface area (Å²) in [6, 6.07) is 11.8. The van der Waals surface area contributed by atoms with Crippen molar-refractivity contribution >= 4 is 29.3 Å². The number of carboxylic acids is 1. The molecule has 134 valence electrons. The van der Waals surface area contributed by atoms with Gasteiger partial charge < -0.3 is 10.4 Å². The molecule has 0 bridgehead atoms. The molecule has 2 aromatic rings.